The lowest BCUT2D eigenvalue weighted by atomic mass is 9.81. The number of likely N-dealkylation sites (tertiary alicyclic amines) is 3. The Labute approximate surface area is 437 Å². The maximum atomic E-state index is 13.7. The first-order valence-corrected chi connectivity index (χ1v) is 28.3. The molecule has 0 N–H and O–H groups in total. The first-order valence-electron chi connectivity index (χ1n) is 28.3. The van der Waals surface area contributed by atoms with Gasteiger partial charge in [0.1, 0.15) is 12.1 Å². The number of rotatable bonds is 36. The van der Waals surface area contributed by atoms with Crippen molar-refractivity contribution >= 4 is 59.1 Å². The summed E-state index contributed by atoms with van der Waals surface area (Å²) in [5.74, 6) is -0.671. The first kappa shape index (κ1) is 60.8. The molecule has 16 nitrogen and oxygen atoms in total. The normalized spacial score (nSPS) is 20.1. The van der Waals surface area contributed by atoms with Gasteiger partial charge < -0.3 is 9.80 Å². The Morgan fingerprint density at radius 1 is 0.521 bits per heavy atom. The monoisotopic (exact) mass is 1020 g/mol. The minimum Gasteiger partial charge on any atom is -0.330 e. The summed E-state index contributed by atoms with van der Waals surface area (Å²) in [5, 5.41) is 0. The van der Waals surface area contributed by atoms with Crippen molar-refractivity contribution in [3.63, 3.8) is 0 Å². The van der Waals surface area contributed by atoms with Gasteiger partial charge in [0.2, 0.25) is 35.4 Å². The molecule has 0 bridgehead atoms. The molecule has 4 rings (SSSR count). The molecule has 410 valence electrons. The molecule has 16 heteroatoms. The second-order valence-corrected chi connectivity index (χ2v) is 22.9. The zero-order chi connectivity index (χ0) is 53.8. The molecule has 0 radical (unpaired) electrons. The van der Waals surface area contributed by atoms with Crippen LogP contribution in [0, 0.1) is 29.1 Å². The van der Waals surface area contributed by atoms with Crippen molar-refractivity contribution in [3.05, 3.63) is 12.2 Å². The van der Waals surface area contributed by atoms with Crippen LogP contribution in [0.4, 0.5) is 0 Å². The molecule has 10 amide bonds. The van der Waals surface area contributed by atoms with E-state index < -0.39 is 12.1 Å². The van der Waals surface area contributed by atoms with Gasteiger partial charge in [-0.1, -0.05) is 132 Å². The lowest BCUT2D eigenvalue weighted by molar-refractivity contribution is -0.145. The number of amides is 10. The smallest absolute Gasteiger partial charge is 0.253 e. The molecular weight excluding hydrogens is 929 g/mol. The number of hydrogen-bond donors (Lipinski definition) is 0. The number of carbonyl (C=O) groups excluding carboxylic acids is 10. The minimum absolute atomic E-state index is 0.0135. The summed E-state index contributed by atoms with van der Waals surface area (Å²) in [6.07, 6.45) is 21.2. The maximum absolute atomic E-state index is 13.7. The Bertz CT molecular complexity index is 1930. The van der Waals surface area contributed by atoms with Crippen molar-refractivity contribution in [1.29, 1.82) is 0 Å². The van der Waals surface area contributed by atoms with Gasteiger partial charge in [0, 0.05) is 77.1 Å². The molecule has 0 saturated carbocycles. The van der Waals surface area contributed by atoms with Gasteiger partial charge in [-0.15, -0.1) is 0 Å². The van der Waals surface area contributed by atoms with Crippen LogP contribution in [0.5, 0.6) is 0 Å². The molecule has 3 fully saturated rings. The summed E-state index contributed by atoms with van der Waals surface area (Å²) in [6, 6.07) is -1.50. The largest absolute Gasteiger partial charge is 0.330 e. The average Bonchev–Trinajstić information content (AvgIpc) is 4.03. The summed E-state index contributed by atoms with van der Waals surface area (Å²) in [7, 11) is 0. The van der Waals surface area contributed by atoms with E-state index in [-0.39, 0.29) is 128 Å². The second-order valence-electron chi connectivity index (χ2n) is 22.9. The third-order valence-electron chi connectivity index (χ3n) is 16.0. The van der Waals surface area contributed by atoms with E-state index in [1.807, 2.05) is 20.8 Å². The van der Waals surface area contributed by atoms with Crippen LogP contribution in [0.15, 0.2) is 12.2 Å². The van der Waals surface area contributed by atoms with E-state index in [2.05, 4.69) is 20.8 Å². The average molecular weight is 1020 g/mol. The summed E-state index contributed by atoms with van der Waals surface area (Å²) in [6.45, 7) is 18.5. The van der Waals surface area contributed by atoms with Crippen LogP contribution in [0.25, 0.3) is 0 Å². The van der Waals surface area contributed by atoms with E-state index in [1.165, 1.54) is 63.9 Å². The molecule has 73 heavy (non-hydrogen) atoms. The van der Waals surface area contributed by atoms with E-state index >= 15 is 0 Å². The molecule has 0 aromatic carbocycles. The van der Waals surface area contributed by atoms with Gasteiger partial charge in [-0.05, 0) is 67.6 Å². The minimum atomic E-state index is -0.754. The number of imide groups is 4. The summed E-state index contributed by atoms with van der Waals surface area (Å²) in [4.78, 5) is 136. The summed E-state index contributed by atoms with van der Waals surface area (Å²) in [5.41, 5.74) is -0.371. The van der Waals surface area contributed by atoms with Crippen LogP contribution < -0.4 is 0 Å². The zero-order valence-corrected chi connectivity index (χ0v) is 46.1. The first-order chi connectivity index (χ1) is 34.7. The van der Waals surface area contributed by atoms with Crippen LogP contribution in [-0.4, -0.2) is 140 Å². The Morgan fingerprint density at radius 2 is 0.959 bits per heavy atom. The fourth-order valence-electron chi connectivity index (χ4n) is 11.4. The molecule has 0 spiro atoms. The van der Waals surface area contributed by atoms with Crippen LogP contribution in [0.3, 0.4) is 0 Å². The Morgan fingerprint density at radius 3 is 1.44 bits per heavy atom. The highest BCUT2D eigenvalue weighted by Crippen LogP contribution is 2.32. The van der Waals surface area contributed by atoms with Gasteiger partial charge in [0.25, 0.3) is 23.6 Å². The number of unbranched alkanes of at least 4 members (excludes halogenated alkanes) is 10. The standard InChI is InChI=1S/C57H92N6O10/c1-9-47(64)58(45-36-53(70)61(55(45)72)34-23-24-42(4)39-62-51(68)29-30-52(62)69)32-21-17-13-11-15-19-25-43(5)44(6)26-20-16-12-14-18-22-33-59(48(65)10-2)46-37-54(71)63(56(46)73)40-57(7,8)38-41(3)31-35-60-49(66)27-28-50(60)67/h29-30,41-46H,9-28,31-40H2,1-8H3. The van der Waals surface area contributed by atoms with E-state index in [9.17, 15) is 47.9 Å². The van der Waals surface area contributed by atoms with Gasteiger partial charge in [0.15, 0.2) is 0 Å². The summed E-state index contributed by atoms with van der Waals surface area (Å²) >= 11 is 0. The predicted octanol–water partition coefficient (Wildman–Crippen LogP) is 8.39. The zero-order valence-electron chi connectivity index (χ0n) is 46.1. The molecule has 0 aliphatic carbocycles. The molecule has 6 atom stereocenters. The van der Waals surface area contributed by atoms with E-state index in [4.69, 9.17) is 0 Å². The van der Waals surface area contributed by atoms with Gasteiger partial charge in [-0.25, -0.2) is 0 Å². The molecule has 3 saturated heterocycles. The van der Waals surface area contributed by atoms with Crippen molar-refractivity contribution < 1.29 is 47.9 Å². The van der Waals surface area contributed by atoms with Crippen molar-refractivity contribution in [1.82, 2.24) is 29.4 Å². The van der Waals surface area contributed by atoms with Crippen LogP contribution in [-0.2, 0) is 47.9 Å². The van der Waals surface area contributed by atoms with Crippen LogP contribution >= 0.6 is 0 Å². The topological polar surface area (TPSA) is 190 Å². The van der Waals surface area contributed by atoms with E-state index in [0.29, 0.717) is 57.3 Å². The quantitative estimate of drug-likeness (QED) is 0.0435. The van der Waals surface area contributed by atoms with Gasteiger partial charge in [0.05, 0.1) is 12.8 Å². The maximum Gasteiger partial charge on any atom is 0.253 e. The summed E-state index contributed by atoms with van der Waals surface area (Å²) < 4.78 is 0. The highest BCUT2D eigenvalue weighted by atomic mass is 16.2. The van der Waals surface area contributed by atoms with E-state index in [1.54, 1.807) is 23.6 Å². The third-order valence-corrected chi connectivity index (χ3v) is 16.0. The Kier molecular flexibility index (Phi) is 24.9. The predicted molar refractivity (Wildman–Crippen MR) is 280 cm³/mol. The van der Waals surface area contributed by atoms with Crippen molar-refractivity contribution in [2.24, 2.45) is 29.1 Å². The van der Waals surface area contributed by atoms with Gasteiger partial charge in [-0.2, -0.15) is 0 Å². The Balaban J connectivity index is 1.03. The fourth-order valence-corrected chi connectivity index (χ4v) is 11.4. The number of carbonyl (C=O) groups is 10. The highest BCUT2D eigenvalue weighted by molar-refractivity contribution is 6.13. The lowest BCUT2D eigenvalue weighted by Gasteiger charge is -2.33. The second kappa shape index (κ2) is 30.0. The van der Waals surface area contributed by atoms with E-state index in [0.717, 1.165) is 64.2 Å². The molecule has 0 aromatic heterocycles. The molecule has 4 aliphatic rings. The molecule has 0 aromatic rings. The molecule has 4 heterocycles. The lowest BCUT2D eigenvalue weighted by Crippen LogP contribution is -2.47. The van der Waals surface area contributed by atoms with Gasteiger partial charge >= 0.3 is 0 Å². The molecular formula is C57H92N6O10. The highest BCUT2D eigenvalue weighted by Gasteiger charge is 2.46. The number of hydrogen-bond acceptors (Lipinski definition) is 10. The fraction of sp³-hybridized carbons (Fsp3) is 0.789. The SMILES string of the molecule is CCC(=O)N(CCCCCCCCC(C)C(C)CCCCCCCCN(C(=O)CC)C1CC(=O)N(CC(C)(C)CC(C)CCN2C(=O)CCC2=O)C1=O)C1CC(=O)N(CCCC(C)CN2C(=O)C=CC2=O)C1=O. The van der Waals surface area contributed by atoms with Gasteiger partial charge in [-0.3, -0.25) is 67.5 Å². The third kappa shape index (κ3) is 18.5. The number of nitrogens with zero attached hydrogens (tertiary/aromatic N) is 6. The van der Waals surface area contributed by atoms with Crippen molar-refractivity contribution in [3.8, 4) is 0 Å². The van der Waals surface area contributed by atoms with Crippen molar-refractivity contribution in [2.45, 2.75) is 222 Å². The molecule has 4 aliphatic heterocycles. The van der Waals surface area contributed by atoms with Crippen LogP contribution in [0.2, 0.25) is 0 Å². The van der Waals surface area contributed by atoms with Crippen molar-refractivity contribution in [2.75, 3.05) is 39.3 Å². The Hall–Kier alpha value is -4.76. The molecule has 6 unspecified atom stereocenters. The van der Waals surface area contributed by atoms with Crippen LogP contribution in [0.1, 0.15) is 209 Å².